The van der Waals surface area contributed by atoms with Gasteiger partial charge in [0.25, 0.3) is 0 Å². The number of aliphatic hydroxyl groups excluding tert-OH is 1. The quantitative estimate of drug-likeness (QED) is 0.786. The Morgan fingerprint density at radius 1 is 1.19 bits per heavy atom. The number of fused-ring (bicyclic) bond motifs is 5. The van der Waals surface area contributed by atoms with Crippen molar-refractivity contribution < 1.29 is 24.6 Å². The Kier molecular flexibility index (Phi) is 3.88. The second-order valence-electron chi connectivity index (χ2n) is 9.38. The summed E-state index contributed by atoms with van der Waals surface area (Å²) in [7, 11) is 0. The van der Waals surface area contributed by atoms with Gasteiger partial charge in [-0.25, -0.2) is 0 Å². The molecule has 142 valence electrons. The maximum Gasteiger partial charge on any atom is 0.190 e. The van der Waals surface area contributed by atoms with E-state index in [1.807, 2.05) is 6.92 Å². The first-order valence-corrected chi connectivity index (χ1v) is 9.80. The number of ketones is 3. The third-order valence-electron chi connectivity index (χ3n) is 8.41. The van der Waals surface area contributed by atoms with Crippen LogP contribution >= 0.6 is 0 Å². The molecule has 3 saturated carbocycles. The molecule has 4 rings (SSSR count). The van der Waals surface area contributed by atoms with Crippen molar-refractivity contribution in [2.45, 2.75) is 64.4 Å². The molecule has 0 aromatic carbocycles. The summed E-state index contributed by atoms with van der Waals surface area (Å²) in [6.07, 6.45) is 5.83. The van der Waals surface area contributed by atoms with E-state index < -0.39 is 23.4 Å². The van der Waals surface area contributed by atoms with E-state index in [1.165, 1.54) is 0 Å². The van der Waals surface area contributed by atoms with E-state index in [-0.39, 0.29) is 41.2 Å². The number of hydrogen-bond acceptors (Lipinski definition) is 5. The van der Waals surface area contributed by atoms with Crippen molar-refractivity contribution in [1.82, 2.24) is 0 Å². The van der Waals surface area contributed by atoms with E-state index in [1.54, 1.807) is 6.08 Å². The lowest BCUT2D eigenvalue weighted by Crippen LogP contribution is -2.60. The van der Waals surface area contributed by atoms with Crippen LogP contribution in [-0.2, 0) is 14.4 Å². The summed E-state index contributed by atoms with van der Waals surface area (Å²) in [5, 5.41) is 20.5. The van der Waals surface area contributed by atoms with Crippen LogP contribution in [0.2, 0.25) is 0 Å². The fourth-order valence-electron chi connectivity index (χ4n) is 6.98. The van der Waals surface area contributed by atoms with E-state index >= 15 is 0 Å². The molecule has 0 heterocycles. The predicted octanol–water partition coefficient (Wildman–Crippen LogP) is 1.99. The second-order valence-corrected chi connectivity index (χ2v) is 9.38. The molecule has 0 unspecified atom stereocenters. The molecular weight excluding hydrogens is 332 g/mol. The van der Waals surface area contributed by atoms with Crippen molar-refractivity contribution in [3.8, 4) is 0 Å². The summed E-state index contributed by atoms with van der Waals surface area (Å²) < 4.78 is 0. The minimum atomic E-state index is -1.60. The van der Waals surface area contributed by atoms with Crippen LogP contribution in [-0.4, -0.2) is 39.8 Å². The fraction of sp³-hybridized carbons (Fsp3) is 0.762. The SMILES string of the molecule is C[C@@]12CCC(=O)C=C1CC[C@H]1[C@H]2C(=O)C[C@]2(C)[C@@H]1CC[C@@]2(O)C(=O)CO. The van der Waals surface area contributed by atoms with Gasteiger partial charge in [-0.2, -0.15) is 0 Å². The van der Waals surface area contributed by atoms with Gasteiger partial charge in [0.2, 0.25) is 0 Å². The zero-order valence-electron chi connectivity index (χ0n) is 15.6. The van der Waals surface area contributed by atoms with Crippen LogP contribution in [0.3, 0.4) is 0 Å². The molecule has 0 bridgehead atoms. The second kappa shape index (κ2) is 5.59. The minimum absolute atomic E-state index is 0.0988. The maximum atomic E-state index is 13.3. The first-order valence-electron chi connectivity index (χ1n) is 9.80. The average molecular weight is 360 g/mol. The maximum absolute atomic E-state index is 13.3. The monoisotopic (exact) mass is 360 g/mol. The summed E-state index contributed by atoms with van der Waals surface area (Å²) in [5.41, 5.74) is -1.55. The summed E-state index contributed by atoms with van der Waals surface area (Å²) in [4.78, 5) is 37.5. The molecule has 0 saturated heterocycles. The number of aliphatic hydroxyl groups is 2. The largest absolute Gasteiger partial charge is 0.388 e. The summed E-state index contributed by atoms with van der Waals surface area (Å²) in [6, 6.07) is 0. The van der Waals surface area contributed by atoms with Gasteiger partial charge in [0, 0.05) is 24.2 Å². The van der Waals surface area contributed by atoms with Crippen LogP contribution in [0.4, 0.5) is 0 Å². The van der Waals surface area contributed by atoms with E-state index in [9.17, 15) is 24.6 Å². The number of rotatable bonds is 2. The van der Waals surface area contributed by atoms with Crippen molar-refractivity contribution in [2.24, 2.45) is 28.6 Å². The van der Waals surface area contributed by atoms with E-state index in [0.717, 1.165) is 18.4 Å². The Morgan fingerprint density at radius 2 is 1.92 bits per heavy atom. The zero-order chi connectivity index (χ0) is 18.9. The third-order valence-corrected chi connectivity index (χ3v) is 8.41. The number of carbonyl (C=O) groups is 3. The van der Waals surface area contributed by atoms with Gasteiger partial charge in [-0.1, -0.05) is 19.4 Å². The molecule has 0 aromatic heterocycles. The average Bonchev–Trinajstić information content (AvgIpc) is 2.86. The lowest BCUT2D eigenvalue weighted by atomic mass is 9.46. The van der Waals surface area contributed by atoms with Crippen molar-refractivity contribution >= 4 is 17.3 Å². The molecule has 3 fully saturated rings. The van der Waals surface area contributed by atoms with E-state index in [0.29, 0.717) is 25.7 Å². The molecule has 0 aromatic rings. The highest BCUT2D eigenvalue weighted by Crippen LogP contribution is 2.66. The Balaban J connectivity index is 1.75. The third kappa shape index (κ3) is 2.07. The first-order chi connectivity index (χ1) is 12.2. The Bertz CT molecular complexity index is 724. The molecule has 0 aliphatic heterocycles. The molecule has 0 radical (unpaired) electrons. The van der Waals surface area contributed by atoms with Crippen molar-refractivity contribution in [2.75, 3.05) is 6.61 Å². The molecule has 5 heteroatoms. The van der Waals surface area contributed by atoms with Crippen LogP contribution < -0.4 is 0 Å². The van der Waals surface area contributed by atoms with Crippen LogP contribution in [0.25, 0.3) is 0 Å². The van der Waals surface area contributed by atoms with E-state index in [4.69, 9.17) is 0 Å². The normalized spacial score (nSPS) is 47.7. The highest BCUT2D eigenvalue weighted by Gasteiger charge is 2.68. The number of carbonyl (C=O) groups excluding carboxylic acids is 3. The molecule has 6 atom stereocenters. The predicted molar refractivity (Wildman–Crippen MR) is 94.1 cm³/mol. The number of hydrogen-bond donors (Lipinski definition) is 2. The molecule has 0 spiro atoms. The Morgan fingerprint density at radius 3 is 2.62 bits per heavy atom. The van der Waals surface area contributed by atoms with Crippen LogP contribution in [0.1, 0.15) is 58.8 Å². The van der Waals surface area contributed by atoms with Crippen molar-refractivity contribution in [1.29, 1.82) is 0 Å². The van der Waals surface area contributed by atoms with Gasteiger partial charge in [-0.3, -0.25) is 14.4 Å². The number of allylic oxidation sites excluding steroid dienone is 1. The van der Waals surface area contributed by atoms with Gasteiger partial charge in [0.15, 0.2) is 11.6 Å². The topological polar surface area (TPSA) is 91.7 Å². The molecule has 26 heavy (non-hydrogen) atoms. The molecule has 5 nitrogen and oxygen atoms in total. The van der Waals surface area contributed by atoms with Gasteiger partial charge in [0.1, 0.15) is 18.0 Å². The first kappa shape index (κ1) is 18.1. The van der Waals surface area contributed by atoms with Gasteiger partial charge in [-0.05, 0) is 55.4 Å². The molecule has 4 aliphatic carbocycles. The van der Waals surface area contributed by atoms with Crippen molar-refractivity contribution in [3.05, 3.63) is 11.6 Å². The smallest absolute Gasteiger partial charge is 0.190 e. The fourth-order valence-corrected chi connectivity index (χ4v) is 6.98. The highest BCUT2D eigenvalue weighted by atomic mass is 16.3. The lowest BCUT2D eigenvalue weighted by molar-refractivity contribution is -0.170. The van der Waals surface area contributed by atoms with E-state index in [2.05, 4.69) is 6.92 Å². The van der Waals surface area contributed by atoms with Crippen molar-refractivity contribution in [3.63, 3.8) is 0 Å². The number of Topliss-reactive ketones (excluding diaryl/α,β-unsaturated/α-hetero) is 2. The molecule has 2 N–H and O–H groups in total. The standard InChI is InChI=1S/C21H28O5/c1-19-7-5-13(23)9-12(19)3-4-14-15-6-8-21(26,17(25)11-22)20(15,2)10-16(24)18(14)19/h9,14-15,18,22,26H,3-8,10-11H2,1-2H3/t14-,15-,18+,19-,20-,21-/m1/s1. The summed E-state index contributed by atoms with van der Waals surface area (Å²) >= 11 is 0. The molecule has 4 aliphatic rings. The molecular formula is C21H28O5. The Labute approximate surface area is 153 Å². The zero-order valence-corrected chi connectivity index (χ0v) is 15.6. The summed E-state index contributed by atoms with van der Waals surface area (Å²) in [5.74, 6) is -0.172. The van der Waals surface area contributed by atoms with Crippen LogP contribution in [0, 0.1) is 28.6 Å². The minimum Gasteiger partial charge on any atom is -0.388 e. The highest BCUT2D eigenvalue weighted by molar-refractivity contribution is 5.94. The van der Waals surface area contributed by atoms with Crippen LogP contribution in [0.15, 0.2) is 11.6 Å². The van der Waals surface area contributed by atoms with Gasteiger partial charge in [0.05, 0.1) is 0 Å². The lowest BCUT2D eigenvalue weighted by Gasteiger charge is -2.57. The van der Waals surface area contributed by atoms with Gasteiger partial charge in [-0.15, -0.1) is 0 Å². The Hall–Kier alpha value is -1.33. The summed E-state index contributed by atoms with van der Waals surface area (Å²) in [6.45, 7) is 3.31. The molecule has 0 amide bonds. The van der Waals surface area contributed by atoms with Crippen LogP contribution in [0.5, 0.6) is 0 Å². The van der Waals surface area contributed by atoms with Gasteiger partial charge >= 0.3 is 0 Å². The van der Waals surface area contributed by atoms with Gasteiger partial charge < -0.3 is 10.2 Å².